The number of benzene rings is 2. The molecule has 0 aromatic heterocycles. The number of hydrogen-bond acceptors (Lipinski definition) is 3. The van der Waals surface area contributed by atoms with Crippen LogP contribution in [0, 0.1) is 10.1 Å². The van der Waals surface area contributed by atoms with E-state index in [4.69, 9.17) is 0 Å². The lowest BCUT2D eigenvalue weighted by molar-refractivity contribution is -0.384. The van der Waals surface area contributed by atoms with Gasteiger partial charge in [0.05, 0.1) is 4.92 Å². The van der Waals surface area contributed by atoms with Crippen LogP contribution < -0.4 is 5.32 Å². The highest BCUT2D eigenvalue weighted by Gasteiger charge is 2.12. The van der Waals surface area contributed by atoms with Gasteiger partial charge in [-0.15, -0.1) is 0 Å². The molecule has 0 heterocycles. The molecule has 1 N–H and O–H groups in total. The normalized spacial score (nSPS) is 11.7. The van der Waals surface area contributed by atoms with E-state index in [-0.39, 0.29) is 17.5 Å². The highest BCUT2D eigenvalue weighted by Crippen LogP contribution is 2.15. The van der Waals surface area contributed by atoms with Gasteiger partial charge >= 0.3 is 0 Å². The van der Waals surface area contributed by atoms with E-state index in [0.29, 0.717) is 12.1 Å². The molecule has 5 nitrogen and oxygen atoms in total. The molecule has 0 aliphatic carbocycles. The van der Waals surface area contributed by atoms with Gasteiger partial charge in [-0.2, -0.15) is 0 Å². The molecule has 0 fully saturated rings. The molecule has 0 saturated carbocycles. The van der Waals surface area contributed by atoms with Crippen molar-refractivity contribution in [2.45, 2.75) is 12.8 Å². The Morgan fingerprint density at radius 2 is 1.90 bits per heavy atom. The summed E-state index contributed by atoms with van der Waals surface area (Å²) >= 11 is 0. The van der Waals surface area contributed by atoms with E-state index < -0.39 is 4.92 Å². The molecule has 0 aliphatic heterocycles. The van der Waals surface area contributed by atoms with Crippen LogP contribution in [0.15, 0.2) is 54.6 Å². The summed E-state index contributed by atoms with van der Waals surface area (Å²) < 4.78 is 0. The molecular formula is C16H16N2O3. The van der Waals surface area contributed by atoms with E-state index in [9.17, 15) is 14.9 Å². The van der Waals surface area contributed by atoms with Crippen molar-refractivity contribution in [1.82, 2.24) is 5.32 Å². The van der Waals surface area contributed by atoms with Crippen molar-refractivity contribution in [3.05, 3.63) is 75.8 Å². The number of nitrogens with one attached hydrogen (secondary N) is 1. The predicted molar refractivity (Wildman–Crippen MR) is 80.3 cm³/mol. The summed E-state index contributed by atoms with van der Waals surface area (Å²) in [5, 5.41) is 13.5. The highest BCUT2D eigenvalue weighted by molar-refractivity contribution is 5.94. The van der Waals surface area contributed by atoms with Crippen LogP contribution in [0.1, 0.15) is 28.8 Å². The van der Waals surface area contributed by atoms with Gasteiger partial charge in [0.15, 0.2) is 0 Å². The number of nitrogens with zero attached hydrogens (tertiary/aromatic N) is 1. The average molecular weight is 284 g/mol. The van der Waals surface area contributed by atoms with Crippen molar-refractivity contribution in [3.63, 3.8) is 0 Å². The van der Waals surface area contributed by atoms with Crippen molar-refractivity contribution in [3.8, 4) is 0 Å². The van der Waals surface area contributed by atoms with Gasteiger partial charge in [0, 0.05) is 24.2 Å². The van der Waals surface area contributed by atoms with E-state index in [1.54, 1.807) is 6.07 Å². The second-order valence-electron chi connectivity index (χ2n) is 4.83. The number of nitro benzene ring substituents is 1. The fraction of sp³-hybridized carbons (Fsp3) is 0.188. The lowest BCUT2D eigenvalue weighted by Gasteiger charge is -2.13. The van der Waals surface area contributed by atoms with Crippen LogP contribution in [-0.4, -0.2) is 17.4 Å². The third kappa shape index (κ3) is 3.89. The third-order valence-corrected chi connectivity index (χ3v) is 3.26. The number of amides is 1. The maximum absolute atomic E-state index is 12.0. The van der Waals surface area contributed by atoms with Crippen molar-refractivity contribution >= 4 is 11.6 Å². The average Bonchev–Trinajstić information content (AvgIpc) is 2.53. The first-order valence-electron chi connectivity index (χ1n) is 6.65. The summed E-state index contributed by atoms with van der Waals surface area (Å²) in [7, 11) is 0. The third-order valence-electron chi connectivity index (χ3n) is 3.26. The van der Waals surface area contributed by atoms with E-state index in [0.717, 1.165) is 5.56 Å². The first kappa shape index (κ1) is 14.7. The minimum atomic E-state index is -0.511. The van der Waals surface area contributed by atoms with Crippen molar-refractivity contribution < 1.29 is 9.72 Å². The Morgan fingerprint density at radius 3 is 2.57 bits per heavy atom. The SMILES string of the molecule is C[C@@H](CNC(=O)c1cccc([N+](=O)[O-])c1)c1ccccc1. The molecule has 0 aliphatic rings. The van der Waals surface area contributed by atoms with Crippen LogP contribution >= 0.6 is 0 Å². The second-order valence-corrected chi connectivity index (χ2v) is 4.83. The monoisotopic (exact) mass is 284 g/mol. The van der Waals surface area contributed by atoms with Crippen LogP contribution in [0.4, 0.5) is 5.69 Å². The Hall–Kier alpha value is -2.69. The van der Waals surface area contributed by atoms with Gasteiger partial charge in [-0.1, -0.05) is 43.3 Å². The van der Waals surface area contributed by atoms with Crippen LogP contribution in [0.25, 0.3) is 0 Å². The van der Waals surface area contributed by atoms with E-state index in [1.807, 2.05) is 37.3 Å². The molecule has 1 atom stereocenters. The summed E-state index contributed by atoms with van der Waals surface area (Å²) in [5.41, 5.74) is 1.35. The molecule has 2 rings (SSSR count). The number of carbonyl (C=O) groups is 1. The molecule has 0 bridgehead atoms. The largest absolute Gasteiger partial charge is 0.351 e. The Kier molecular flexibility index (Phi) is 4.66. The molecule has 21 heavy (non-hydrogen) atoms. The van der Waals surface area contributed by atoms with E-state index in [1.165, 1.54) is 18.2 Å². The minimum Gasteiger partial charge on any atom is -0.351 e. The van der Waals surface area contributed by atoms with Gasteiger partial charge in [0.1, 0.15) is 0 Å². The van der Waals surface area contributed by atoms with Crippen LogP contribution in [0.2, 0.25) is 0 Å². The minimum absolute atomic E-state index is 0.0845. The maximum atomic E-state index is 12.0. The van der Waals surface area contributed by atoms with Crippen LogP contribution in [0.5, 0.6) is 0 Å². The fourth-order valence-electron chi connectivity index (χ4n) is 2.01. The second kappa shape index (κ2) is 6.65. The first-order chi connectivity index (χ1) is 10.1. The van der Waals surface area contributed by atoms with Gasteiger partial charge in [-0.25, -0.2) is 0 Å². The molecule has 0 unspecified atom stereocenters. The molecule has 2 aromatic carbocycles. The summed E-state index contributed by atoms with van der Waals surface area (Å²) in [6.07, 6.45) is 0. The lowest BCUT2D eigenvalue weighted by Crippen LogP contribution is -2.27. The summed E-state index contributed by atoms with van der Waals surface area (Å²) in [6.45, 7) is 2.49. The van der Waals surface area contributed by atoms with Gasteiger partial charge < -0.3 is 5.32 Å². The molecule has 1 amide bonds. The Labute approximate surface area is 122 Å². The first-order valence-corrected chi connectivity index (χ1v) is 6.65. The Bertz CT molecular complexity index is 641. The number of carbonyl (C=O) groups excluding carboxylic acids is 1. The molecule has 108 valence electrons. The standard InChI is InChI=1S/C16H16N2O3/c1-12(13-6-3-2-4-7-13)11-17-16(19)14-8-5-9-15(10-14)18(20)21/h2-10,12H,11H2,1H3,(H,17,19)/t12-/m0/s1. The lowest BCUT2D eigenvalue weighted by atomic mass is 10.0. The van der Waals surface area contributed by atoms with Crippen LogP contribution in [0.3, 0.4) is 0 Å². The molecule has 0 spiro atoms. The Balaban J connectivity index is 1.99. The molecular weight excluding hydrogens is 268 g/mol. The zero-order chi connectivity index (χ0) is 15.2. The quantitative estimate of drug-likeness (QED) is 0.677. The summed E-state index contributed by atoms with van der Waals surface area (Å²) in [5.74, 6) is -0.129. The van der Waals surface area contributed by atoms with Gasteiger partial charge in [-0.3, -0.25) is 14.9 Å². The zero-order valence-corrected chi connectivity index (χ0v) is 11.7. The number of nitro groups is 1. The maximum Gasteiger partial charge on any atom is 0.270 e. The Morgan fingerprint density at radius 1 is 1.19 bits per heavy atom. The van der Waals surface area contributed by atoms with Gasteiger partial charge in [-0.05, 0) is 17.5 Å². The summed E-state index contributed by atoms with van der Waals surface area (Å²) in [6, 6.07) is 15.6. The van der Waals surface area contributed by atoms with Gasteiger partial charge in [0.2, 0.25) is 0 Å². The fourth-order valence-corrected chi connectivity index (χ4v) is 2.01. The van der Waals surface area contributed by atoms with Gasteiger partial charge in [0.25, 0.3) is 11.6 Å². The number of rotatable bonds is 5. The van der Waals surface area contributed by atoms with Crippen molar-refractivity contribution in [1.29, 1.82) is 0 Å². The van der Waals surface area contributed by atoms with E-state index >= 15 is 0 Å². The van der Waals surface area contributed by atoms with E-state index in [2.05, 4.69) is 5.32 Å². The molecule has 5 heteroatoms. The molecule has 0 radical (unpaired) electrons. The van der Waals surface area contributed by atoms with Crippen LogP contribution in [-0.2, 0) is 0 Å². The summed E-state index contributed by atoms with van der Waals surface area (Å²) in [4.78, 5) is 22.2. The van der Waals surface area contributed by atoms with Crippen molar-refractivity contribution in [2.24, 2.45) is 0 Å². The topological polar surface area (TPSA) is 72.2 Å². The number of non-ortho nitro benzene ring substituents is 1. The number of hydrogen-bond donors (Lipinski definition) is 1. The zero-order valence-electron chi connectivity index (χ0n) is 11.7. The molecule has 0 saturated heterocycles. The highest BCUT2D eigenvalue weighted by atomic mass is 16.6. The smallest absolute Gasteiger partial charge is 0.270 e. The van der Waals surface area contributed by atoms with Crippen molar-refractivity contribution in [2.75, 3.05) is 6.54 Å². The molecule has 2 aromatic rings. The predicted octanol–water partition coefficient (Wildman–Crippen LogP) is 3.13.